The van der Waals surface area contributed by atoms with Gasteiger partial charge in [0.2, 0.25) is 11.4 Å². The highest BCUT2D eigenvalue weighted by Gasteiger charge is 2.11. The molecule has 0 spiro atoms. The highest BCUT2D eigenvalue weighted by atomic mass is 35.5. The average molecular weight is 274 g/mol. The van der Waals surface area contributed by atoms with Crippen LogP contribution in [0.25, 0.3) is 22.8 Å². The second kappa shape index (κ2) is 4.70. The van der Waals surface area contributed by atoms with Gasteiger partial charge in [-0.25, -0.2) is 0 Å². The van der Waals surface area contributed by atoms with Crippen LogP contribution in [0.2, 0.25) is 5.15 Å². The van der Waals surface area contributed by atoms with Crippen LogP contribution in [0.4, 0.5) is 0 Å². The molecule has 3 rings (SSSR count). The summed E-state index contributed by atoms with van der Waals surface area (Å²) >= 11 is 5.78. The van der Waals surface area contributed by atoms with Crippen LogP contribution in [0.15, 0.2) is 51.8 Å². The van der Waals surface area contributed by atoms with Gasteiger partial charge in [-0.2, -0.15) is 4.98 Å². The van der Waals surface area contributed by atoms with E-state index >= 15 is 0 Å². The van der Waals surface area contributed by atoms with Gasteiger partial charge in [0, 0.05) is 17.2 Å². The fourth-order valence-electron chi connectivity index (χ4n) is 1.68. The molecule has 2 aromatic heterocycles. The SMILES string of the molecule is O=c1cc(-c2noc(-c3ccccc3)n2)cc(Cl)[nH]1. The molecule has 0 atom stereocenters. The van der Waals surface area contributed by atoms with Crippen LogP contribution in [0.5, 0.6) is 0 Å². The van der Waals surface area contributed by atoms with Gasteiger partial charge in [-0.3, -0.25) is 4.79 Å². The van der Waals surface area contributed by atoms with E-state index < -0.39 is 0 Å². The minimum absolute atomic E-state index is 0.230. The van der Waals surface area contributed by atoms with E-state index in [0.717, 1.165) is 5.56 Å². The molecule has 5 nitrogen and oxygen atoms in total. The Morgan fingerprint density at radius 1 is 1.11 bits per heavy atom. The Morgan fingerprint density at radius 3 is 2.63 bits per heavy atom. The second-order valence-electron chi connectivity index (χ2n) is 3.87. The Morgan fingerprint density at radius 2 is 1.89 bits per heavy atom. The molecule has 0 saturated heterocycles. The van der Waals surface area contributed by atoms with E-state index in [9.17, 15) is 4.79 Å². The van der Waals surface area contributed by atoms with E-state index in [1.165, 1.54) is 6.07 Å². The molecule has 94 valence electrons. The van der Waals surface area contributed by atoms with Crippen molar-refractivity contribution in [1.29, 1.82) is 0 Å². The van der Waals surface area contributed by atoms with E-state index in [-0.39, 0.29) is 10.7 Å². The lowest BCUT2D eigenvalue weighted by atomic mass is 10.2. The third-order valence-corrected chi connectivity index (χ3v) is 2.72. The van der Waals surface area contributed by atoms with Crippen LogP contribution in [0.1, 0.15) is 0 Å². The van der Waals surface area contributed by atoms with Gasteiger partial charge < -0.3 is 9.51 Å². The third-order valence-electron chi connectivity index (χ3n) is 2.52. The van der Waals surface area contributed by atoms with Crippen LogP contribution >= 0.6 is 11.6 Å². The van der Waals surface area contributed by atoms with Crippen molar-refractivity contribution >= 4 is 11.6 Å². The van der Waals surface area contributed by atoms with E-state index in [1.54, 1.807) is 6.07 Å². The number of hydrogen-bond acceptors (Lipinski definition) is 4. The normalized spacial score (nSPS) is 10.6. The molecule has 2 heterocycles. The van der Waals surface area contributed by atoms with E-state index in [0.29, 0.717) is 17.3 Å². The van der Waals surface area contributed by atoms with Crippen molar-refractivity contribution in [1.82, 2.24) is 15.1 Å². The number of nitrogens with one attached hydrogen (secondary N) is 1. The Bertz CT molecular complexity index is 765. The first-order chi connectivity index (χ1) is 9.22. The molecule has 0 aliphatic carbocycles. The van der Waals surface area contributed by atoms with Gasteiger partial charge in [0.05, 0.1) is 0 Å². The number of rotatable bonds is 2. The second-order valence-corrected chi connectivity index (χ2v) is 4.28. The molecule has 0 aliphatic heterocycles. The molecular weight excluding hydrogens is 266 g/mol. The van der Waals surface area contributed by atoms with Gasteiger partial charge in [0.1, 0.15) is 5.15 Å². The Balaban J connectivity index is 2.04. The molecule has 1 aromatic carbocycles. The maximum Gasteiger partial charge on any atom is 0.258 e. The quantitative estimate of drug-likeness (QED) is 0.729. The van der Waals surface area contributed by atoms with Crippen molar-refractivity contribution in [2.45, 2.75) is 0 Å². The Kier molecular flexibility index (Phi) is 2.89. The third kappa shape index (κ3) is 2.41. The molecule has 1 N–H and O–H groups in total. The summed E-state index contributed by atoms with van der Waals surface area (Å²) < 4.78 is 5.17. The van der Waals surface area contributed by atoms with Crippen LogP contribution in [-0.2, 0) is 0 Å². The summed E-state index contributed by atoms with van der Waals surface area (Å²) in [6.45, 7) is 0. The number of aromatic amines is 1. The van der Waals surface area contributed by atoms with Gasteiger partial charge in [-0.1, -0.05) is 35.0 Å². The summed E-state index contributed by atoms with van der Waals surface area (Å²) in [7, 11) is 0. The van der Waals surface area contributed by atoms with Crippen molar-refractivity contribution in [2.75, 3.05) is 0 Å². The van der Waals surface area contributed by atoms with E-state index in [4.69, 9.17) is 16.1 Å². The predicted molar refractivity (Wildman–Crippen MR) is 70.8 cm³/mol. The lowest BCUT2D eigenvalue weighted by molar-refractivity contribution is 0.432. The summed E-state index contributed by atoms with van der Waals surface area (Å²) in [5, 5.41) is 4.08. The number of nitrogens with zero attached hydrogens (tertiary/aromatic N) is 2. The number of benzene rings is 1. The molecule has 0 bridgehead atoms. The van der Waals surface area contributed by atoms with Crippen LogP contribution in [0.3, 0.4) is 0 Å². The maximum absolute atomic E-state index is 11.3. The molecular formula is C13H8ClN3O2. The van der Waals surface area contributed by atoms with Gasteiger partial charge in [-0.15, -0.1) is 0 Å². The van der Waals surface area contributed by atoms with E-state index in [2.05, 4.69) is 15.1 Å². The van der Waals surface area contributed by atoms with Crippen LogP contribution < -0.4 is 5.56 Å². The Hall–Kier alpha value is -2.40. The molecule has 6 heteroatoms. The zero-order valence-corrected chi connectivity index (χ0v) is 10.4. The topological polar surface area (TPSA) is 71.8 Å². The molecule has 0 radical (unpaired) electrons. The van der Waals surface area contributed by atoms with Gasteiger partial charge in [-0.05, 0) is 18.2 Å². The summed E-state index contributed by atoms with van der Waals surface area (Å²) in [6, 6.07) is 12.3. The van der Waals surface area contributed by atoms with Crippen molar-refractivity contribution < 1.29 is 4.52 Å². The smallest absolute Gasteiger partial charge is 0.258 e. The molecule has 0 unspecified atom stereocenters. The summed E-state index contributed by atoms with van der Waals surface area (Å²) in [5.74, 6) is 0.721. The molecule has 19 heavy (non-hydrogen) atoms. The molecule has 3 aromatic rings. The van der Waals surface area contributed by atoms with Gasteiger partial charge >= 0.3 is 0 Å². The highest BCUT2D eigenvalue weighted by Crippen LogP contribution is 2.22. The first kappa shape index (κ1) is 11.7. The van der Waals surface area contributed by atoms with Gasteiger partial charge in [0.25, 0.3) is 5.89 Å². The first-order valence-corrected chi connectivity index (χ1v) is 5.89. The van der Waals surface area contributed by atoms with Gasteiger partial charge in [0.15, 0.2) is 0 Å². The van der Waals surface area contributed by atoms with Crippen molar-refractivity contribution in [3.63, 3.8) is 0 Å². The number of aromatic nitrogens is 3. The fourth-order valence-corrected chi connectivity index (χ4v) is 1.89. The molecule has 0 amide bonds. The summed E-state index contributed by atoms with van der Waals surface area (Å²) in [4.78, 5) is 18.0. The molecule has 0 fully saturated rings. The zero-order chi connectivity index (χ0) is 13.2. The lowest BCUT2D eigenvalue weighted by Crippen LogP contribution is -2.04. The average Bonchev–Trinajstić information content (AvgIpc) is 2.88. The number of hydrogen-bond donors (Lipinski definition) is 1. The first-order valence-electron chi connectivity index (χ1n) is 5.52. The largest absolute Gasteiger partial charge is 0.334 e. The monoisotopic (exact) mass is 273 g/mol. The van der Waals surface area contributed by atoms with E-state index in [1.807, 2.05) is 30.3 Å². The zero-order valence-electron chi connectivity index (χ0n) is 9.63. The van der Waals surface area contributed by atoms with Crippen LogP contribution in [0, 0.1) is 0 Å². The highest BCUT2D eigenvalue weighted by molar-refractivity contribution is 6.29. The lowest BCUT2D eigenvalue weighted by Gasteiger charge is -1.94. The fraction of sp³-hybridized carbons (Fsp3) is 0. The van der Waals surface area contributed by atoms with Crippen molar-refractivity contribution in [3.8, 4) is 22.8 Å². The van der Waals surface area contributed by atoms with Crippen molar-refractivity contribution in [2.24, 2.45) is 0 Å². The van der Waals surface area contributed by atoms with Crippen molar-refractivity contribution in [3.05, 3.63) is 58.0 Å². The number of pyridine rings is 1. The minimum Gasteiger partial charge on any atom is -0.334 e. The standard InChI is InChI=1S/C13H8ClN3O2/c14-10-6-9(7-11(18)15-10)12-16-13(19-17-12)8-4-2-1-3-5-8/h1-7H,(H,15,18). The molecule has 0 aliphatic rings. The summed E-state index contributed by atoms with van der Waals surface area (Å²) in [5.41, 5.74) is 1.02. The predicted octanol–water partition coefficient (Wildman–Crippen LogP) is 2.75. The number of H-pyrrole nitrogens is 1. The molecule has 0 saturated carbocycles. The maximum atomic E-state index is 11.3. The minimum atomic E-state index is -0.312. The number of halogens is 1. The van der Waals surface area contributed by atoms with Crippen LogP contribution in [-0.4, -0.2) is 15.1 Å². The Labute approximate surface area is 112 Å². The summed E-state index contributed by atoms with van der Waals surface area (Å²) in [6.07, 6.45) is 0.